The molecule has 130 valence electrons. The van der Waals surface area contributed by atoms with Gasteiger partial charge in [0.1, 0.15) is 5.75 Å². The molecule has 0 saturated heterocycles. The first kappa shape index (κ1) is 17.2. The summed E-state index contributed by atoms with van der Waals surface area (Å²) in [5.74, 6) is 0.575. The predicted octanol–water partition coefficient (Wildman–Crippen LogP) is 4.08. The lowest BCUT2D eigenvalue weighted by molar-refractivity contribution is -0.114. The molecule has 0 spiro atoms. The van der Waals surface area contributed by atoms with Gasteiger partial charge >= 0.3 is 0 Å². The smallest absolute Gasteiger partial charge is 0.255 e. The van der Waals surface area contributed by atoms with Gasteiger partial charge in [-0.2, -0.15) is 0 Å². The maximum absolute atomic E-state index is 12.4. The molecule has 2 N–H and O–H groups in total. The van der Waals surface area contributed by atoms with Crippen LogP contribution in [0.15, 0.2) is 72.9 Å². The molecule has 2 aromatic carbocycles. The van der Waals surface area contributed by atoms with Crippen LogP contribution in [0.2, 0.25) is 0 Å². The summed E-state index contributed by atoms with van der Waals surface area (Å²) >= 11 is 0. The van der Waals surface area contributed by atoms with E-state index in [2.05, 4.69) is 15.6 Å². The average molecular weight is 347 g/mol. The summed E-state index contributed by atoms with van der Waals surface area (Å²) in [5, 5.41) is 5.48. The van der Waals surface area contributed by atoms with Crippen LogP contribution in [0.1, 0.15) is 17.3 Å². The number of hydrogen-bond donors (Lipinski definition) is 2. The Balaban J connectivity index is 1.68. The third-order valence-electron chi connectivity index (χ3n) is 3.42. The van der Waals surface area contributed by atoms with E-state index in [1.165, 1.54) is 6.92 Å². The summed E-state index contributed by atoms with van der Waals surface area (Å²) < 4.78 is 5.64. The van der Waals surface area contributed by atoms with E-state index in [1.54, 1.807) is 66.9 Å². The summed E-state index contributed by atoms with van der Waals surface area (Å²) in [6.45, 7) is 1.44. The van der Waals surface area contributed by atoms with Gasteiger partial charge in [0, 0.05) is 36.1 Å². The van der Waals surface area contributed by atoms with Gasteiger partial charge in [-0.25, -0.2) is 4.98 Å². The molecule has 1 aromatic heterocycles. The van der Waals surface area contributed by atoms with Gasteiger partial charge in [0.05, 0.1) is 0 Å². The topological polar surface area (TPSA) is 80.3 Å². The Kier molecular flexibility index (Phi) is 5.24. The molecule has 0 saturated carbocycles. The number of hydrogen-bond acceptors (Lipinski definition) is 4. The van der Waals surface area contributed by atoms with Crippen molar-refractivity contribution >= 4 is 23.2 Å². The molecule has 2 amide bonds. The SMILES string of the molecule is CC(=O)Nc1ccc(NC(=O)c2cccc(Oc3ccccn3)c2)cc1. The van der Waals surface area contributed by atoms with Crippen molar-refractivity contribution in [2.24, 2.45) is 0 Å². The second-order valence-corrected chi connectivity index (χ2v) is 5.51. The Bertz CT molecular complexity index is 909. The molecule has 0 aliphatic carbocycles. The van der Waals surface area contributed by atoms with E-state index >= 15 is 0 Å². The third-order valence-corrected chi connectivity index (χ3v) is 3.42. The fourth-order valence-electron chi connectivity index (χ4n) is 2.27. The largest absolute Gasteiger partial charge is 0.439 e. The van der Waals surface area contributed by atoms with Crippen LogP contribution < -0.4 is 15.4 Å². The minimum Gasteiger partial charge on any atom is -0.439 e. The van der Waals surface area contributed by atoms with Crippen molar-refractivity contribution in [1.82, 2.24) is 4.98 Å². The van der Waals surface area contributed by atoms with Gasteiger partial charge < -0.3 is 15.4 Å². The molecular formula is C20H17N3O3. The number of carbonyl (C=O) groups excluding carboxylic acids is 2. The van der Waals surface area contributed by atoms with Gasteiger partial charge in [0.2, 0.25) is 11.8 Å². The van der Waals surface area contributed by atoms with E-state index in [0.717, 1.165) is 0 Å². The molecule has 0 aliphatic heterocycles. The number of anilines is 2. The summed E-state index contributed by atoms with van der Waals surface area (Å²) in [4.78, 5) is 27.5. The lowest BCUT2D eigenvalue weighted by Gasteiger charge is -2.09. The van der Waals surface area contributed by atoms with Crippen molar-refractivity contribution in [3.05, 3.63) is 78.5 Å². The van der Waals surface area contributed by atoms with Gasteiger partial charge in [-0.05, 0) is 48.5 Å². The summed E-state index contributed by atoms with van der Waals surface area (Å²) in [5.41, 5.74) is 1.76. The molecule has 6 nitrogen and oxygen atoms in total. The minimum atomic E-state index is -0.260. The van der Waals surface area contributed by atoms with E-state index in [1.807, 2.05) is 6.07 Å². The summed E-state index contributed by atoms with van der Waals surface area (Å²) in [6.07, 6.45) is 1.64. The quantitative estimate of drug-likeness (QED) is 0.729. The molecule has 0 unspecified atom stereocenters. The predicted molar refractivity (Wildman–Crippen MR) is 99.5 cm³/mol. The Labute approximate surface area is 150 Å². The summed E-state index contributed by atoms with van der Waals surface area (Å²) in [7, 11) is 0. The highest BCUT2D eigenvalue weighted by Crippen LogP contribution is 2.21. The lowest BCUT2D eigenvalue weighted by atomic mass is 10.2. The number of amides is 2. The zero-order chi connectivity index (χ0) is 18.4. The van der Waals surface area contributed by atoms with Crippen LogP contribution in [0.3, 0.4) is 0 Å². The number of ether oxygens (including phenoxy) is 1. The maximum atomic E-state index is 12.4. The first-order chi connectivity index (χ1) is 12.6. The molecular weight excluding hydrogens is 330 g/mol. The fourth-order valence-corrected chi connectivity index (χ4v) is 2.27. The highest BCUT2D eigenvalue weighted by Gasteiger charge is 2.08. The van der Waals surface area contributed by atoms with Gasteiger partial charge in [-0.15, -0.1) is 0 Å². The van der Waals surface area contributed by atoms with Crippen molar-refractivity contribution in [2.75, 3.05) is 10.6 Å². The van der Waals surface area contributed by atoms with Crippen LogP contribution in [-0.4, -0.2) is 16.8 Å². The van der Waals surface area contributed by atoms with Crippen molar-refractivity contribution in [3.8, 4) is 11.6 Å². The van der Waals surface area contributed by atoms with Crippen LogP contribution in [0.25, 0.3) is 0 Å². The zero-order valence-corrected chi connectivity index (χ0v) is 14.1. The first-order valence-electron chi connectivity index (χ1n) is 7.98. The molecule has 3 rings (SSSR count). The number of nitrogens with zero attached hydrogens (tertiary/aromatic N) is 1. The highest BCUT2D eigenvalue weighted by atomic mass is 16.5. The van der Waals surface area contributed by atoms with Crippen LogP contribution in [-0.2, 0) is 4.79 Å². The molecule has 0 atom stereocenters. The van der Waals surface area contributed by atoms with E-state index in [4.69, 9.17) is 4.74 Å². The normalized spacial score (nSPS) is 10.0. The standard InChI is InChI=1S/C20H17N3O3/c1-14(24)22-16-8-10-17(11-9-16)23-20(25)15-5-4-6-18(13-15)26-19-7-2-3-12-21-19/h2-13H,1H3,(H,22,24)(H,23,25). The molecule has 6 heteroatoms. The van der Waals surface area contributed by atoms with Crippen LogP contribution in [0.5, 0.6) is 11.6 Å². The minimum absolute atomic E-state index is 0.147. The van der Waals surface area contributed by atoms with Gasteiger partial charge in [0.25, 0.3) is 5.91 Å². The average Bonchev–Trinajstić information content (AvgIpc) is 2.64. The van der Waals surface area contributed by atoms with Crippen molar-refractivity contribution in [3.63, 3.8) is 0 Å². The molecule has 1 heterocycles. The molecule has 0 radical (unpaired) electrons. The number of carbonyl (C=O) groups is 2. The molecule has 0 fully saturated rings. The Morgan fingerprint density at radius 2 is 1.62 bits per heavy atom. The monoisotopic (exact) mass is 347 g/mol. The number of nitrogens with one attached hydrogen (secondary N) is 2. The highest BCUT2D eigenvalue weighted by molar-refractivity contribution is 6.04. The van der Waals surface area contributed by atoms with Crippen molar-refractivity contribution in [2.45, 2.75) is 6.92 Å². The van der Waals surface area contributed by atoms with Gasteiger partial charge in [-0.3, -0.25) is 9.59 Å². The van der Waals surface area contributed by atoms with Crippen molar-refractivity contribution < 1.29 is 14.3 Å². The molecule has 26 heavy (non-hydrogen) atoms. The van der Waals surface area contributed by atoms with E-state index in [-0.39, 0.29) is 11.8 Å². The van der Waals surface area contributed by atoms with Crippen LogP contribution in [0, 0.1) is 0 Å². The number of pyridine rings is 1. The second-order valence-electron chi connectivity index (χ2n) is 5.51. The van der Waals surface area contributed by atoms with Crippen LogP contribution in [0.4, 0.5) is 11.4 Å². The fraction of sp³-hybridized carbons (Fsp3) is 0.0500. The first-order valence-corrected chi connectivity index (χ1v) is 7.98. The van der Waals surface area contributed by atoms with E-state index < -0.39 is 0 Å². The number of rotatable bonds is 5. The zero-order valence-electron chi connectivity index (χ0n) is 14.1. The lowest BCUT2D eigenvalue weighted by Crippen LogP contribution is -2.12. The van der Waals surface area contributed by atoms with Crippen LogP contribution >= 0.6 is 0 Å². The Morgan fingerprint density at radius 3 is 2.27 bits per heavy atom. The summed E-state index contributed by atoms with van der Waals surface area (Å²) in [6, 6.07) is 19.1. The third kappa shape index (κ3) is 4.67. The molecule has 3 aromatic rings. The van der Waals surface area contributed by atoms with Gasteiger partial charge in [-0.1, -0.05) is 12.1 Å². The van der Waals surface area contributed by atoms with Crippen molar-refractivity contribution in [1.29, 1.82) is 0 Å². The Morgan fingerprint density at radius 1 is 0.885 bits per heavy atom. The Hall–Kier alpha value is -3.67. The molecule has 0 bridgehead atoms. The number of aromatic nitrogens is 1. The van der Waals surface area contributed by atoms with Gasteiger partial charge in [0.15, 0.2) is 0 Å². The number of benzene rings is 2. The second kappa shape index (κ2) is 7.94. The van der Waals surface area contributed by atoms with E-state index in [0.29, 0.717) is 28.6 Å². The maximum Gasteiger partial charge on any atom is 0.255 e. The molecule has 0 aliphatic rings. The van der Waals surface area contributed by atoms with E-state index in [9.17, 15) is 9.59 Å².